The van der Waals surface area contributed by atoms with Crippen molar-refractivity contribution in [2.75, 3.05) is 0 Å². The van der Waals surface area contributed by atoms with Gasteiger partial charge in [0.25, 0.3) is 10.0 Å². The van der Waals surface area contributed by atoms with Gasteiger partial charge in [-0.05, 0) is 0 Å². The minimum atomic E-state index is -3.59. The SMILES string of the molecule is O=C1NN=CS(=O)(=O)N1. The molecule has 0 aromatic rings. The molecule has 0 atom stereocenters. The standard InChI is InChI=1S/C2H3N3O3S/c6-2-4-3-1-9(7,8)5-2/h1H,(H2,4,5,6). The van der Waals surface area contributed by atoms with E-state index < -0.39 is 16.1 Å². The van der Waals surface area contributed by atoms with Crippen molar-refractivity contribution in [3.05, 3.63) is 0 Å². The van der Waals surface area contributed by atoms with Gasteiger partial charge in [0.1, 0.15) is 0 Å². The lowest BCUT2D eigenvalue weighted by molar-refractivity contribution is 0.246. The summed E-state index contributed by atoms with van der Waals surface area (Å²) < 4.78 is 22.3. The van der Waals surface area contributed by atoms with E-state index in [9.17, 15) is 13.2 Å². The second kappa shape index (κ2) is 1.69. The normalized spacial score (nSPS) is 22.4. The Hall–Kier alpha value is -1.11. The molecular weight excluding hydrogens is 146 g/mol. The Morgan fingerprint density at radius 1 is 1.56 bits per heavy atom. The Labute approximate surface area is 51.0 Å². The largest absolute Gasteiger partial charge is 0.349 e. The average molecular weight is 149 g/mol. The van der Waals surface area contributed by atoms with Gasteiger partial charge in [-0.1, -0.05) is 0 Å². The monoisotopic (exact) mass is 149 g/mol. The fourth-order valence-electron chi connectivity index (χ4n) is 0.333. The number of rotatable bonds is 0. The first-order valence-corrected chi connectivity index (χ1v) is 3.51. The maximum atomic E-state index is 10.3. The first-order chi connectivity index (χ1) is 4.10. The molecule has 1 heterocycles. The van der Waals surface area contributed by atoms with Crippen LogP contribution in [-0.2, 0) is 10.0 Å². The molecule has 1 rings (SSSR count). The van der Waals surface area contributed by atoms with Crippen LogP contribution in [0.2, 0.25) is 0 Å². The van der Waals surface area contributed by atoms with Crippen LogP contribution in [-0.4, -0.2) is 20.0 Å². The number of hydrazone groups is 1. The highest BCUT2D eigenvalue weighted by atomic mass is 32.2. The first-order valence-electron chi connectivity index (χ1n) is 1.96. The quantitative estimate of drug-likeness (QED) is 0.442. The van der Waals surface area contributed by atoms with E-state index in [1.807, 2.05) is 5.43 Å². The summed E-state index contributed by atoms with van der Waals surface area (Å²) in [5.41, 5.74) is 2.50. The fourth-order valence-corrected chi connectivity index (χ4v) is 0.881. The van der Waals surface area contributed by atoms with Crippen LogP contribution in [0.25, 0.3) is 0 Å². The molecule has 0 radical (unpaired) electrons. The molecule has 1 aliphatic heterocycles. The van der Waals surface area contributed by atoms with Crippen molar-refractivity contribution in [3.63, 3.8) is 0 Å². The van der Waals surface area contributed by atoms with E-state index in [-0.39, 0.29) is 0 Å². The number of hydrogen-bond donors (Lipinski definition) is 2. The molecule has 2 N–H and O–H groups in total. The molecule has 7 heteroatoms. The Balaban J connectivity index is 2.97. The van der Waals surface area contributed by atoms with Crippen molar-refractivity contribution in [2.45, 2.75) is 0 Å². The Kier molecular flexibility index (Phi) is 1.13. The average Bonchev–Trinajstić information content (AvgIpc) is 1.60. The zero-order valence-electron chi connectivity index (χ0n) is 4.16. The van der Waals surface area contributed by atoms with Crippen molar-refractivity contribution in [1.82, 2.24) is 10.1 Å². The van der Waals surface area contributed by atoms with Crippen LogP contribution in [0.15, 0.2) is 5.10 Å². The Morgan fingerprint density at radius 3 is 2.56 bits per heavy atom. The maximum Gasteiger partial charge on any atom is 0.349 e. The highest BCUT2D eigenvalue weighted by Crippen LogP contribution is 1.82. The van der Waals surface area contributed by atoms with E-state index in [1.165, 1.54) is 0 Å². The molecule has 0 saturated heterocycles. The highest BCUT2D eigenvalue weighted by Gasteiger charge is 2.14. The van der Waals surface area contributed by atoms with E-state index in [0.717, 1.165) is 0 Å². The zero-order chi connectivity index (χ0) is 6.91. The van der Waals surface area contributed by atoms with Crippen LogP contribution in [0.4, 0.5) is 4.79 Å². The molecule has 2 amide bonds. The molecule has 0 fully saturated rings. The summed E-state index contributed by atoms with van der Waals surface area (Å²) in [4.78, 5) is 10.2. The third kappa shape index (κ3) is 1.39. The lowest BCUT2D eigenvalue weighted by Gasteiger charge is -2.04. The summed E-state index contributed by atoms with van der Waals surface area (Å²) in [7, 11) is -3.59. The van der Waals surface area contributed by atoms with Gasteiger partial charge in [0, 0.05) is 0 Å². The first kappa shape index (κ1) is 6.02. The van der Waals surface area contributed by atoms with Crippen molar-refractivity contribution < 1.29 is 13.2 Å². The third-order valence-corrected chi connectivity index (χ3v) is 1.45. The zero-order valence-corrected chi connectivity index (χ0v) is 4.97. The fraction of sp³-hybridized carbons (Fsp3) is 0. The van der Waals surface area contributed by atoms with Crippen LogP contribution < -0.4 is 10.1 Å². The summed E-state index contributed by atoms with van der Waals surface area (Å²) in [6.07, 6.45) is 0. The molecule has 0 aromatic carbocycles. The highest BCUT2D eigenvalue weighted by molar-refractivity contribution is 8.03. The second-order valence-corrected chi connectivity index (χ2v) is 2.83. The van der Waals surface area contributed by atoms with Crippen LogP contribution in [0.5, 0.6) is 0 Å². The predicted octanol–water partition coefficient (Wildman–Crippen LogP) is -1.43. The molecule has 50 valence electrons. The summed E-state index contributed by atoms with van der Waals surface area (Å²) in [6.45, 7) is 0. The smallest absolute Gasteiger partial charge is 0.246 e. The molecule has 9 heavy (non-hydrogen) atoms. The van der Waals surface area contributed by atoms with Crippen molar-refractivity contribution >= 4 is 21.6 Å². The topological polar surface area (TPSA) is 87.6 Å². The molecule has 1 aliphatic rings. The summed E-state index contributed by atoms with van der Waals surface area (Å²) in [5.74, 6) is 0. The van der Waals surface area contributed by atoms with E-state index in [2.05, 4.69) is 5.10 Å². The lowest BCUT2D eigenvalue weighted by Crippen LogP contribution is -2.41. The molecule has 0 aromatic heterocycles. The van der Waals surface area contributed by atoms with Crippen LogP contribution in [0.1, 0.15) is 0 Å². The molecule has 0 bridgehead atoms. The number of carbonyl (C=O) groups excluding carboxylic acids is 1. The number of carbonyl (C=O) groups is 1. The molecule has 0 aliphatic carbocycles. The minimum absolute atomic E-state index is 0.619. The van der Waals surface area contributed by atoms with Gasteiger partial charge in [-0.2, -0.15) is 5.10 Å². The van der Waals surface area contributed by atoms with Gasteiger partial charge in [0.2, 0.25) is 0 Å². The van der Waals surface area contributed by atoms with Crippen LogP contribution in [0.3, 0.4) is 0 Å². The molecule has 6 nitrogen and oxygen atoms in total. The van der Waals surface area contributed by atoms with E-state index in [4.69, 9.17) is 0 Å². The summed E-state index contributed by atoms with van der Waals surface area (Å²) >= 11 is 0. The van der Waals surface area contributed by atoms with Crippen molar-refractivity contribution in [3.8, 4) is 0 Å². The molecule has 0 saturated carbocycles. The van der Waals surface area contributed by atoms with Gasteiger partial charge >= 0.3 is 6.03 Å². The van der Waals surface area contributed by atoms with E-state index in [0.29, 0.717) is 5.55 Å². The predicted molar refractivity (Wildman–Crippen MR) is 29.1 cm³/mol. The number of nitrogens with zero attached hydrogens (tertiary/aromatic N) is 1. The van der Waals surface area contributed by atoms with Gasteiger partial charge in [0.15, 0.2) is 5.55 Å². The van der Waals surface area contributed by atoms with Gasteiger partial charge in [-0.25, -0.2) is 23.4 Å². The summed E-state index contributed by atoms with van der Waals surface area (Å²) in [6, 6.07) is -0.836. The van der Waals surface area contributed by atoms with E-state index >= 15 is 0 Å². The van der Waals surface area contributed by atoms with Crippen LogP contribution in [0, 0.1) is 0 Å². The van der Waals surface area contributed by atoms with Gasteiger partial charge < -0.3 is 0 Å². The summed E-state index contributed by atoms with van der Waals surface area (Å²) in [5, 5.41) is 3.04. The van der Waals surface area contributed by atoms with Crippen molar-refractivity contribution in [2.24, 2.45) is 5.10 Å². The van der Waals surface area contributed by atoms with E-state index in [1.54, 1.807) is 4.72 Å². The van der Waals surface area contributed by atoms with Crippen LogP contribution >= 0.6 is 0 Å². The molecular formula is C2H3N3O3S. The second-order valence-electron chi connectivity index (χ2n) is 1.32. The number of hydrogen-bond acceptors (Lipinski definition) is 4. The van der Waals surface area contributed by atoms with Crippen molar-refractivity contribution in [1.29, 1.82) is 0 Å². The Bertz CT molecular complexity index is 252. The molecule has 0 unspecified atom stereocenters. The number of urea groups is 1. The Morgan fingerprint density at radius 2 is 2.22 bits per heavy atom. The van der Waals surface area contributed by atoms with Gasteiger partial charge in [0.05, 0.1) is 0 Å². The maximum absolute atomic E-state index is 10.3. The number of sulfonamides is 1. The molecule has 0 spiro atoms. The van der Waals surface area contributed by atoms with Gasteiger partial charge in [-0.15, -0.1) is 0 Å². The third-order valence-electron chi connectivity index (χ3n) is 0.593. The number of amides is 2. The minimum Gasteiger partial charge on any atom is -0.246 e. The number of nitrogens with one attached hydrogen (secondary N) is 2. The van der Waals surface area contributed by atoms with Gasteiger partial charge in [-0.3, -0.25) is 0 Å². The lowest BCUT2D eigenvalue weighted by atomic mass is 11.1.